The van der Waals surface area contributed by atoms with Gasteiger partial charge in [-0.25, -0.2) is 0 Å². The minimum Gasteiger partial charge on any atom is -0.367 e. The van der Waals surface area contributed by atoms with Crippen LogP contribution in [0.1, 0.15) is 0 Å². The summed E-state index contributed by atoms with van der Waals surface area (Å²) in [6.45, 7) is 0. The number of nitrogens with two attached hydrogens (primary N) is 1. The lowest BCUT2D eigenvalue weighted by Gasteiger charge is -2.15. The highest BCUT2D eigenvalue weighted by Gasteiger charge is 2.11. The summed E-state index contributed by atoms with van der Waals surface area (Å²) in [5.74, 6) is 0.717. The molecule has 0 fully saturated rings. The highest BCUT2D eigenvalue weighted by Crippen LogP contribution is 1.99. The fourth-order valence-corrected chi connectivity index (χ4v) is 0.999. The Hall–Kier alpha value is 0.230. The molecule has 0 aliphatic rings. The molecule has 0 bridgehead atoms. The summed E-state index contributed by atoms with van der Waals surface area (Å²) >= 11 is 1.59. The molecule has 56 valence electrons. The second kappa shape index (κ2) is 5.05. The monoisotopic (exact) mass is 151 g/mol. The molecule has 2 atom stereocenters. The van der Waals surface area contributed by atoms with E-state index in [9.17, 15) is 0 Å². The van der Waals surface area contributed by atoms with Crippen LogP contribution in [0.5, 0.6) is 0 Å². The van der Waals surface area contributed by atoms with Crippen LogP contribution in [-0.2, 0) is 4.74 Å². The number of ether oxygens (including phenoxy) is 1. The van der Waals surface area contributed by atoms with Gasteiger partial charge in [-0.3, -0.25) is 0 Å². The molecule has 2 unspecified atom stereocenters. The Labute approximate surface area is 59.6 Å². The van der Waals surface area contributed by atoms with Gasteiger partial charge >= 0.3 is 0 Å². The van der Waals surface area contributed by atoms with Crippen molar-refractivity contribution in [3.63, 3.8) is 0 Å². The summed E-state index contributed by atoms with van der Waals surface area (Å²) < 4.78 is 4.58. The van der Waals surface area contributed by atoms with Crippen LogP contribution in [0.4, 0.5) is 0 Å². The predicted octanol–water partition coefficient (Wildman–Crippen LogP) is -0.358. The van der Waals surface area contributed by atoms with E-state index < -0.39 is 6.29 Å². The summed E-state index contributed by atoms with van der Waals surface area (Å²) in [6.07, 6.45) is 1.11. The van der Waals surface area contributed by atoms with Crippen molar-refractivity contribution in [1.82, 2.24) is 0 Å². The first-order chi connectivity index (χ1) is 4.22. The number of hydrogen-bond acceptors (Lipinski definition) is 4. The summed E-state index contributed by atoms with van der Waals surface area (Å²) in [7, 11) is 1.44. The maximum absolute atomic E-state index is 8.90. The molecule has 0 aromatic carbocycles. The molecule has 3 N–H and O–H groups in total. The smallest absolute Gasteiger partial charge is 0.170 e. The van der Waals surface area contributed by atoms with E-state index >= 15 is 0 Å². The lowest BCUT2D eigenvalue weighted by Crippen LogP contribution is -2.37. The van der Waals surface area contributed by atoms with Crippen LogP contribution in [0.15, 0.2) is 0 Å². The number of thioether (sulfide) groups is 1. The fraction of sp³-hybridized carbons (Fsp3) is 1.00. The minimum absolute atomic E-state index is 0.273. The molecule has 0 heterocycles. The van der Waals surface area contributed by atoms with E-state index in [0.717, 1.165) is 5.75 Å². The molecule has 0 aromatic rings. The summed E-state index contributed by atoms with van der Waals surface area (Å²) in [5, 5.41) is 8.90. The Bertz CT molecular complexity index is 72.0. The van der Waals surface area contributed by atoms with Crippen LogP contribution >= 0.6 is 11.8 Å². The third kappa shape index (κ3) is 3.75. The van der Waals surface area contributed by atoms with E-state index in [2.05, 4.69) is 4.74 Å². The molecule has 9 heavy (non-hydrogen) atoms. The van der Waals surface area contributed by atoms with Crippen LogP contribution in [0.3, 0.4) is 0 Å². The number of hydrogen-bond donors (Lipinski definition) is 2. The van der Waals surface area contributed by atoms with Crippen LogP contribution in [0.2, 0.25) is 0 Å². The van der Waals surface area contributed by atoms with Crippen LogP contribution in [0.25, 0.3) is 0 Å². The van der Waals surface area contributed by atoms with Gasteiger partial charge in [-0.1, -0.05) is 0 Å². The molecule has 0 aliphatic heterocycles. The molecule has 0 aromatic heterocycles. The summed E-state index contributed by atoms with van der Waals surface area (Å²) in [5.41, 5.74) is 5.44. The maximum Gasteiger partial charge on any atom is 0.170 e. The SMILES string of the molecule is COC(O)C(N)CSC. The molecular formula is C5H13NO2S. The average Bonchev–Trinajstić information content (AvgIpc) is 1.87. The van der Waals surface area contributed by atoms with Crippen molar-refractivity contribution in [2.75, 3.05) is 19.1 Å². The Balaban J connectivity index is 3.32. The van der Waals surface area contributed by atoms with E-state index in [-0.39, 0.29) is 6.04 Å². The summed E-state index contributed by atoms with van der Waals surface area (Å²) in [6, 6.07) is -0.273. The summed E-state index contributed by atoms with van der Waals surface area (Å²) in [4.78, 5) is 0. The predicted molar refractivity (Wildman–Crippen MR) is 39.4 cm³/mol. The van der Waals surface area contributed by atoms with Gasteiger partial charge in [-0.15, -0.1) is 0 Å². The molecule has 3 nitrogen and oxygen atoms in total. The molecule has 4 heteroatoms. The van der Waals surface area contributed by atoms with Crippen molar-refractivity contribution in [3.05, 3.63) is 0 Å². The first-order valence-electron chi connectivity index (χ1n) is 2.67. The zero-order chi connectivity index (χ0) is 7.28. The van der Waals surface area contributed by atoms with Crippen molar-refractivity contribution in [2.24, 2.45) is 5.73 Å². The van der Waals surface area contributed by atoms with Crippen LogP contribution < -0.4 is 5.73 Å². The van der Waals surface area contributed by atoms with Crippen molar-refractivity contribution >= 4 is 11.8 Å². The molecule has 0 aliphatic carbocycles. The van der Waals surface area contributed by atoms with Crippen LogP contribution in [-0.4, -0.2) is 36.6 Å². The van der Waals surface area contributed by atoms with E-state index in [1.54, 1.807) is 11.8 Å². The lowest BCUT2D eigenvalue weighted by atomic mass is 10.3. The van der Waals surface area contributed by atoms with Crippen molar-refractivity contribution < 1.29 is 9.84 Å². The average molecular weight is 151 g/mol. The largest absolute Gasteiger partial charge is 0.367 e. The molecule has 0 amide bonds. The van der Waals surface area contributed by atoms with Gasteiger partial charge < -0.3 is 15.6 Å². The van der Waals surface area contributed by atoms with Crippen molar-refractivity contribution in [1.29, 1.82) is 0 Å². The zero-order valence-electron chi connectivity index (χ0n) is 5.70. The second-order valence-electron chi connectivity index (χ2n) is 1.75. The van der Waals surface area contributed by atoms with Gasteiger partial charge in [0, 0.05) is 12.9 Å². The molecule has 0 radical (unpaired) electrons. The van der Waals surface area contributed by atoms with Gasteiger partial charge in [0.25, 0.3) is 0 Å². The number of rotatable bonds is 4. The van der Waals surface area contributed by atoms with E-state index in [1.165, 1.54) is 7.11 Å². The Morgan fingerprint density at radius 1 is 1.78 bits per heavy atom. The second-order valence-corrected chi connectivity index (χ2v) is 2.66. The molecule has 0 rings (SSSR count). The molecule has 0 saturated carbocycles. The van der Waals surface area contributed by atoms with Crippen molar-refractivity contribution in [3.8, 4) is 0 Å². The highest BCUT2D eigenvalue weighted by atomic mass is 32.2. The normalized spacial score (nSPS) is 17.3. The molecule has 0 spiro atoms. The molecule has 0 saturated heterocycles. The zero-order valence-corrected chi connectivity index (χ0v) is 6.52. The third-order valence-electron chi connectivity index (χ3n) is 0.967. The first-order valence-corrected chi connectivity index (χ1v) is 4.07. The first kappa shape index (κ1) is 9.23. The van der Waals surface area contributed by atoms with Gasteiger partial charge in [0.05, 0.1) is 6.04 Å². The van der Waals surface area contributed by atoms with Gasteiger partial charge in [-0.05, 0) is 6.26 Å². The van der Waals surface area contributed by atoms with Gasteiger partial charge in [0.2, 0.25) is 0 Å². The van der Waals surface area contributed by atoms with E-state index in [1.807, 2.05) is 6.26 Å². The number of aliphatic hydroxyl groups excluding tert-OH is 1. The highest BCUT2D eigenvalue weighted by molar-refractivity contribution is 7.98. The van der Waals surface area contributed by atoms with Gasteiger partial charge in [0.15, 0.2) is 6.29 Å². The maximum atomic E-state index is 8.90. The van der Waals surface area contributed by atoms with E-state index in [0.29, 0.717) is 0 Å². The lowest BCUT2D eigenvalue weighted by molar-refractivity contribution is -0.0847. The van der Waals surface area contributed by atoms with E-state index in [4.69, 9.17) is 10.8 Å². The molecular weight excluding hydrogens is 138 g/mol. The standard InChI is InChI=1S/C5H13NO2S/c1-8-5(7)4(6)3-9-2/h4-5,7H,3,6H2,1-2H3. The number of methoxy groups -OCH3 is 1. The van der Waals surface area contributed by atoms with Gasteiger partial charge in [0.1, 0.15) is 0 Å². The Morgan fingerprint density at radius 3 is 2.67 bits per heavy atom. The Morgan fingerprint density at radius 2 is 2.33 bits per heavy atom. The number of aliphatic hydroxyl groups is 1. The van der Waals surface area contributed by atoms with Gasteiger partial charge in [-0.2, -0.15) is 11.8 Å². The van der Waals surface area contributed by atoms with Crippen molar-refractivity contribution in [2.45, 2.75) is 12.3 Å². The topological polar surface area (TPSA) is 55.5 Å². The minimum atomic E-state index is -0.822. The Kier molecular flexibility index (Phi) is 5.18. The quantitative estimate of drug-likeness (QED) is 0.539. The third-order valence-corrected chi connectivity index (χ3v) is 1.69. The van der Waals surface area contributed by atoms with Crippen LogP contribution in [0, 0.1) is 0 Å². The fourth-order valence-electron chi connectivity index (χ4n) is 0.450.